The Morgan fingerprint density at radius 1 is 1.27 bits per heavy atom. The molecule has 0 aliphatic carbocycles. The number of allylic oxidation sites excluding steroid dienone is 1. The Morgan fingerprint density at radius 3 is 2.73 bits per heavy atom. The van der Waals surface area contributed by atoms with Crippen molar-refractivity contribution in [1.82, 2.24) is 9.47 Å². The van der Waals surface area contributed by atoms with Gasteiger partial charge in [-0.25, -0.2) is 0 Å². The summed E-state index contributed by atoms with van der Waals surface area (Å²) in [6.07, 6.45) is 0. The topological polar surface area (TPSA) is 93.5 Å². The highest BCUT2D eigenvalue weighted by Gasteiger charge is 2.34. The van der Waals surface area contributed by atoms with E-state index >= 15 is 0 Å². The van der Waals surface area contributed by atoms with Crippen LogP contribution in [0.4, 0.5) is 0 Å². The van der Waals surface area contributed by atoms with Crippen molar-refractivity contribution in [2.24, 2.45) is 5.73 Å². The average molecular weight is 471 g/mol. The largest absolute Gasteiger partial charge is 0.440 e. The van der Waals surface area contributed by atoms with Gasteiger partial charge in [0.05, 0.1) is 24.7 Å². The molecule has 30 heavy (non-hydrogen) atoms. The number of aromatic nitrogens is 1. The summed E-state index contributed by atoms with van der Waals surface area (Å²) in [5.74, 6) is -0.111. The van der Waals surface area contributed by atoms with Crippen molar-refractivity contribution in [3.63, 3.8) is 0 Å². The summed E-state index contributed by atoms with van der Waals surface area (Å²) in [4.78, 5) is 15.9. The lowest BCUT2D eigenvalue weighted by Crippen LogP contribution is -2.40. The summed E-state index contributed by atoms with van der Waals surface area (Å²) in [5, 5.41) is 9.77. The van der Waals surface area contributed by atoms with Crippen molar-refractivity contribution >= 4 is 15.9 Å². The van der Waals surface area contributed by atoms with Crippen molar-refractivity contribution in [3.05, 3.63) is 73.4 Å². The first-order chi connectivity index (χ1) is 14.5. The van der Waals surface area contributed by atoms with E-state index in [1.165, 1.54) is 0 Å². The van der Waals surface area contributed by atoms with Crippen LogP contribution in [0.2, 0.25) is 0 Å². The number of fused-ring (bicyclic) bond motifs is 1. The maximum atomic E-state index is 13.6. The molecule has 2 aliphatic heterocycles. The first kappa shape index (κ1) is 20.7. The Labute approximate surface area is 183 Å². The lowest BCUT2D eigenvalue weighted by molar-refractivity contribution is 0.0362. The summed E-state index contributed by atoms with van der Waals surface area (Å²) in [6.45, 7) is 6.36. The average Bonchev–Trinajstić information content (AvgIpc) is 2.73. The van der Waals surface area contributed by atoms with E-state index in [9.17, 15) is 10.1 Å². The highest BCUT2D eigenvalue weighted by Crippen LogP contribution is 2.40. The quantitative estimate of drug-likeness (QED) is 0.737. The van der Waals surface area contributed by atoms with Crippen LogP contribution in [0, 0.1) is 18.3 Å². The number of nitriles is 1. The van der Waals surface area contributed by atoms with E-state index in [1.54, 1.807) is 4.57 Å². The molecular formula is C22H23BrN4O3. The molecule has 1 aromatic carbocycles. The Morgan fingerprint density at radius 2 is 2.03 bits per heavy atom. The number of ether oxygens (including phenoxy) is 2. The molecule has 8 heteroatoms. The highest BCUT2D eigenvalue weighted by atomic mass is 79.9. The minimum atomic E-state index is -0.570. The molecule has 2 N–H and O–H groups in total. The number of morpholine rings is 1. The molecule has 1 fully saturated rings. The number of hydrogen-bond acceptors (Lipinski definition) is 6. The maximum Gasteiger partial charge on any atom is 0.258 e. The van der Waals surface area contributed by atoms with Gasteiger partial charge in [-0.3, -0.25) is 9.69 Å². The van der Waals surface area contributed by atoms with Crippen molar-refractivity contribution in [2.45, 2.75) is 19.4 Å². The van der Waals surface area contributed by atoms with E-state index in [1.807, 2.05) is 37.3 Å². The lowest BCUT2D eigenvalue weighted by Gasteiger charge is -2.29. The van der Waals surface area contributed by atoms with Crippen molar-refractivity contribution in [2.75, 3.05) is 32.8 Å². The number of benzene rings is 1. The molecule has 3 heterocycles. The van der Waals surface area contributed by atoms with E-state index in [-0.39, 0.29) is 17.0 Å². The molecular weight excluding hydrogens is 448 g/mol. The summed E-state index contributed by atoms with van der Waals surface area (Å²) in [5.41, 5.74) is 8.23. The van der Waals surface area contributed by atoms with Gasteiger partial charge in [0.1, 0.15) is 17.4 Å². The van der Waals surface area contributed by atoms with Gasteiger partial charge in [-0.15, -0.1) is 0 Å². The second-order valence-corrected chi connectivity index (χ2v) is 8.37. The van der Waals surface area contributed by atoms with Crippen LogP contribution in [0.15, 0.2) is 51.1 Å². The summed E-state index contributed by atoms with van der Waals surface area (Å²) < 4.78 is 13.7. The zero-order valence-corrected chi connectivity index (χ0v) is 18.3. The Bertz CT molecular complexity index is 1100. The number of nitrogens with two attached hydrogens (primary N) is 1. The Hall–Kier alpha value is -2.60. The molecule has 1 unspecified atom stereocenters. The fraction of sp³-hybridized carbons (Fsp3) is 0.364. The number of rotatable bonds is 4. The van der Waals surface area contributed by atoms with E-state index < -0.39 is 5.92 Å². The fourth-order valence-electron chi connectivity index (χ4n) is 4.05. The van der Waals surface area contributed by atoms with Crippen molar-refractivity contribution < 1.29 is 9.47 Å². The van der Waals surface area contributed by atoms with E-state index in [4.69, 9.17) is 15.2 Å². The van der Waals surface area contributed by atoms with Gasteiger partial charge in [0.2, 0.25) is 5.88 Å². The molecule has 4 rings (SSSR count). The summed E-state index contributed by atoms with van der Waals surface area (Å²) in [7, 11) is 0. The summed E-state index contributed by atoms with van der Waals surface area (Å²) in [6, 6.07) is 11.6. The molecule has 156 valence electrons. The number of halogens is 1. The molecule has 2 aromatic rings. The molecule has 0 bridgehead atoms. The van der Waals surface area contributed by atoms with Crippen LogP contribution in [0.5, 0.6) is 5.75 Å². The molecule has 1 aromatic heterocycles. The molecule has 0 radical (unpaired) electrons. The molecule has 1 atom stereocenters. The third kappa shape index (κ3) is 3.88. The molecule has 2 aliphatic rings. The van der Waals surface area contributed by atoms with Crippen LogP contribution in [0.25, 0.3) is 0 Å². The zero-order chi connectivity index (χ0) is 21.3. The predicted molar refractivity (Wildman–Crippen MR) is 116 cm³/mol. The lowest BCUT2D eigenvalue weighted by atomic mass is 9.84. The van der Waals surface area contributed by atoms with E-state index in [0.29, 0.717) is 31.1 Å². The van der Waals surface area contributed by atoms with Crippen molar-refractivity contribution in [1.29, 1.82) is 5.26 Å². The molecule has 1 saturated heterocycles. The Kier molecular flexibility index (Phi) is 5.95. The first-order valence-corrected chi connectivity index (χ1v) is 10.7. The minimum Gasteiger partial charge on any atom is -0.440 e. The Balaban J connectivity index is 1.78. The maximum absolute atomic E-state index is 13.6. The van der Waals surface area contributed by atoms with Crippen molar-refractivity contribution in [3.8, 4) is 11.8 Å². The normalized spacial score (nSPS) is 19.2. The number of pyridine rings is 1. The van der Waals surface area contributed by atoms with Crippen LogP contribution >= 0.6 is 15.9 Å². The zero-order valence-electron chi connectivity index (χ0n) is 16.7. The SMILES string of the molecule is Cc1cc2c(c(=O)n1CCN1CCOCC1)C(c1cccc(Br)c1)C(C#N)=C(N)O2. The second kappa shape index (κ2) is 8.64. The second-order valence-electron chi connectivity index (χ2n) is 7.45. The van der Waals surface area contributed by atoms with E-state index in [0.717, 1.165) is 35.4 Å². The van der Waals surface area contributed by atoms with Gasteiger partial charge in [-0.2, -0.15) is 5.26 Å². The number of nitrogens with zero attached hydrogens (tertiary/aromatic N) is 3. The van der Waals surface area contributed by atoms with Crippen LogP contribution < -0.4 is 16.0 Å². The molecule has 0 amide bonds. The summed E-state index contributed by atoms with van der Waals surface area (Å²) >= 11 is 3.48. The molecule has 0 saturated carbocycles. The number of hydrogen-bond donors (Lipinski definition) is 1. The van der Waals surface area contributed by atoms with Gasteiger partial charge in [0, 0.05) is 42.4 Å². The van der Waals surface area contributed by atoms with Crippen LogP contribution in [0.3, 0.4) is 0 Å². The molecule has 7 nitrogen and oxygen atoms in total. The fourth-order valence-corrected chi connectivity index (χ4v) is 4.47. The third-order valence-electron chi connectivity index (χ3n) is 5.62. The van der Waals surface area contributed by atoms with Gasteiger partial charge in [-0.05, 0) is 24.6 Å². The van der Waals surface area contributed by atoms with Crippen LogP contribution in [-0.4, -0.2) is 42.3 Å². The predicted octanol–water partition coefficient (Wildman–Crippen LogP) is 2.47. The van der Waals surface area contributed by atoms with Gasteiger partial charge >= 0.3 is 0 Å². The third-order valence-corrected chi connectivity index (χ3v) is 6.11. The van der Waals surface area contributed by atoms with Gasteiger partial charge in [-0.1, -0.05) is 28.1 Å². The van der Waals surface area contributed by atoms with E-state index in [2.05, 4.69) is 26.9 Å². The minimum absolute atomic E-state index is 0.0415. The first-order valence-electron chi connectivity index (χ1n) is 9.87. The highest BCUT2D eigenvalue weighted by molar-refractivity contribution is 9.10. The van der Waals surface area contributed by atoms with Gasteiger partial charge < -0.3 is 19.8 Å². The number of aryl methyl sites for hydroxylation is 1. The van der Waals surface area contributed by atoms with Gasteiger partial charge in [0.15, 0.2) is 0 Å². The monoisotopic (exact) mass is 470 g/mol. The van der Waals surface area contributed by atoms with Crippen LogP contribution in [-0.2, 0) is 11.3 Å². The van der Waals surface area contributed by atoms with Gasteiger partial charge in [0.25, 0.3) is 5.56 Å². The standard InChI is InChI=1S/C22H23BrN4O3/c1-14-11-18-20(22(28)27(14)6-5-26-7-9-29-10-8-26)19(17(13-24)21(25)30-18)15-3-2-4-16(23)12-15/h2-4,11-12,19H,5-10,25H2,1H3. The van der Waals surface area contributed by atoms with Crippen LogP contribution in [0.1, 0.15) is 22.7 Å². The smallest absolute Gasteiger partial charge is 0.258 e. The molecule has 0 spiro atoms.